The molecular weight excluding hydrogens is 268 g/mol. The van der Waals surface area contributed by atoms with E-state index in [9.17, 15) is 5.11 Å². The Bertz CT molecular complexity index is 764. The molecule has 6 heteroatoms. The Kier molecular flexibility index (Phi) is 3.42. The van der Waals surface area contributed by atoms with Crippen LogP contribution in [0.2, 0.25) is 0 Å². The van der Waals surface area contributed by atoms with Crippen molar-refractivity contribution in [3.05, 3.63) is 54.2 Å². The van der Waals surface area contributed by atoms with Crippen molar-refractivity contribution >= 4 is 11.4 Å². The Morgan fingerprint density at radius 1 is 1.05 bits per heavy atom. The highest BCUT2D eigenvalue weighted by molar-refractivity contribution is 5.71. The van der Waals surface area contributed by atoms with Crippen LogP contribution < -0.4 is 0 Å². The Labute approximate surface area is 120 Å². The molecule has 0 atom stereocenters. The van der Waals surface area contributed by atoms with Crippen molar-refractivity contribution in [3.8, 4) is 17.3 Å². The SMILES string of the molecule is Cc1ccc(N=Nc2c(-c3ccccn3)noc2O)cc1. The molecule has 0 radical (unpaired) electrons. The lowest BCUT2D eigenvalue weighted by Gasteiger charge is -1.96. The second-order valence-electron chi connectivity index (χ2n) is 4.44. The average Bonchev–Trinajstić information content (AvgIpc) is 2.89. The number of aryl methyl sites for hydroxylation is 1. The van der Waals surface area contributed by atoms with Crippen molar-refractivity contribution in [3.63, 3.8) is 0 Å². The van der Waals surface area contributed by atoms with Gasteiger partial charge in [-0.25, -0.2) is 0 Å². The molecule has 0 aliphatic carbocycles. The fraction of sp³-hybridized carbons (Fsp3) is 0.0667. The number of rotatable bonds is 3. The van der Waals surface area contributed by atoms with E-state index < -0.39 is 0 Å². The van der Waals surface area contributed by atoms with Gasteiger partial charge in [0.15, 0.2) is 11.4 Å². The largest absolute Gasteiger partial charge is 0.478 e. The maximum atomic E-state index is 9.70. The molecule has 3 rings (SSSR count). The number of pyridine rings is 1. The van der Waals surface area contributed by atoms with Crippen molar-refractivity contribution in [2.75, 3.05) is 0 Å². The zero-order valence-electron chi connectivity index (χ0n) is 11.3. The minimum absolute atomic E-state index is 0.161. The molecule has 21 heavy (non-hydrogen) atoms. The van der Waals surface area contributed by atoms with Crippen LogP contribution in [0.25, 0.3) is 11.4 Å². The molecule has 0 saturated carbocycles. The molecule has 1 N–H and O–H groups in total. The van der Waals surface area contributed by atoms with Crippen molar-refractivity contribution in [1.29, 1.82) is 0 Å². The van der Waals surface area contributed by atoms with Gasteiger partial charge in [0.05, 0.1) is 11.4 Å². The molecule has 0 spiro atoms. The molecule has 0 saturated heterocycles. The molecule has 0 amide bonds. The zero-order valence-corrected chi connectivity index (χ0v) is 11.3. The van der Waals surface area contributed by atoms with Crippen molar-refractivity contribution in [2.24, 2.45) is 10.2 Å². The fourth-order valence-electron chi connectivity index (χ4n) is 1.76. The van der Waals surface area contributed by atoms with Crippen LogP contribution in [0.15, 0.2) is 63.4 Å². The number of benzene rings is 1. The van der Waals surface area contributed by atoms with E-state index >= 15 is 0 Å². The molecule has 1 aromatic carbocycles. The first-order chi connectivity index (χ1) is 10.2. The summed E-state index contributed by atoms with van der Waals surface area (Å²) in [4.78, 5) is 4.15. The van der Waals surface area contributed by atoms with E-state index in [0.717, 1.165) is 5.56 Å². The lowest BCUT2D eigenvalue weighted by molar-refractivity contribution is 0.279. The van der Waals surface area contributed by atoms with Crippen LogP contribution in [0.5, 0.6) is 5.95 Å². The van der Waals surface area contributed by atoms with Gasteiger partial charge >= 0.3 is 5.95 Å². The summed E-state index contributed by atoms with van der Waals surface area (Å²) >= 11 is 0. The van der Waals surface area contributed by atoms with E-state index in [-0.39, 0.29) is 11.6 Å². The van der Waals surface area contributed by atoms with Crippen LogP contribution in [0.3, 0.4) is 0 Å². The van der Waals surface area contributed by atoms with E-state index in [1.807, 2.05) is 37.3 Å². The van der Waals surface area contributed by atoms with Gasteiger partial charge in [0.25, 0.3) is 0 Å². The van der Waals surface area contributed by atoms with Gasteiger partial charge in [0.2, 0.25) is 0 Å². The Morgan fingerprint density at radius 2 is 1.86 bits per heavy atom. The molecule has 2 heterocycles. The molecule has 104 valence electrons. The number of azo groups is 1. The van der Waals surface area contributed by atoms with Crippen molar-refractivity contribution in [1.82, 2.24) is 10.1 Å². The Morgan fingerprint density at radius 3 is 2.57 bits per heavy atom. The van der Waals surface area contributed by atoms with E-state index in [1.165, 1.54) is 0 Å². The lowest BCUT2D eigenvalue weighted by Crippen LogP contribution is -1.81. The Balaban J connectivity index is 1.96. The zero-order chi connectivity index (χ0) is 14.7. The molecule has 3 aromatic rings. The van der Waals surface area contributed by atoms with Gasteiger partial charge in [-0.2, -0.15) is 5.11 Å². The fourth-order valence-corrected chi connectivity index (χ4v) is 1.76. The van der Waals surface area contributed by atoms with E-state index in [4.69, 9.17) is 4.52 Å². The second-order valence-corrected chi connectivity index (χ2v) is 4.44. The average molecular weight is 280 g/mol. The predicted molar refractivity (Wildman–Crippen MR) is 76.8 cm³/mol. The highest BCUT2D eigenvalue weighted by Crippen LogP contribution is 2.37. The minimum atomic E-state index is -0.383. The first-order valence-electron chi connectivity index (χ1n) is 6.32. The summed E-state index contributed by atoms with van der Waals surface area (Å²) in [5, 5.41) is 21.6. The second kappa shape index (κ2) is 5.54. The van der Waals surface area contributed by atoms with Gasteiger partial charge in [0.1, 0.15) is 0 Å². The third-order valence-electron chi connectivity index (χ3n) is 2.86. The summed E-state index contributed by atoms with van der Waals surface area (Å²) in [6.07, 6.45) is 1.63. The van der Waals surface area contributed by atoms with Crippen LogP contribution in [-0.2, 0) is 0 Å². The molecular formula is C15H12N4O2. The topological polar surface area (TPSA) is 83.9 Å². The highest BCUT2D eigenvalue weighted by atomic mass is 16.5. The molecule has 0 unspecified atom stereocenters. The number of hydrogen-bond donors (Lipinski definition) is 1. The van der Waals surface area contributed by atoms with Crippen LogP contribution in [0.4, 0.5) is 11.4 Å². The smallest absolute Gasteiger partial charge is 0.337 e. The summed E-state index contributed by atoms with van der Waals surface area (Å²) in [6, 6.07) is 12.9. The van der Waals surface area contributed by atoms with Gasteiger partial charge in [-0.15, -0.1) is 5.11 Å². The number of aromatic nitrogens is 2. The first kappa shape index (κ1) is 13.0. The molecule has 0 bridgehead atoms. The summed E-state index contributed by atoms with van der Waals surface area (Å²) in [5.41, 5.74) is 2.88. The summed E-state index contributed by atoms with van der Waals surface area (Å²) < 4.78 is 4.77. The Hall–Kier alpha value is -3.02. The van der Waals surface area contributed by atoms with Gasteiger partial charge in [-0.1, -0.05) is 28.9 Å². The molecule has 0 aliphatic rings. The number of nitrogens with zero attached hydrogens (tertiary/aromatic N) is 4. The maximum absolute atomic E-state index is 9.70. The third kappa shape index (κ3) is 2.79. The van der Waals surface area contributed by atoms with Crippen LogP contribution in [0.1, 0.15) is 5.56 Å². The van der Waals surface area contributed by atoms with Crippen LogP contribution in [0, 0.1) is 6.92 Å². The standard InChI is InChI=1S/C15H12N4O2/c1-10-5-7-11(8-6-10)17-18-14-13(19-21-15(14)20)12-4-2-3-9-16-12/h2-9,20H,1H3. The summed E-state index contributed by atoms with van der Waals surface area (Å²) in [5.74, 6) is -0.383. The molecule has 0 aliphatic heterocycles. The molecule has 2 aromatic heterocycles. The van der Waals surface area contributed by atoms with E-state index in [0.29, 0.717) is 17.1 Å². The highest BCUT2D eigenvalue weighted by Gasteiger charge is 2.17. The molecule has 0 fully saturated rings. The van der Waals surface area contributed by atoms with Crippen LogP contribution >= 0.6 is 0 Å². The van der Waals surface area contributed by atoms with E-state index in [1.54, 1.807) is 18.3 Å². The number of aromatic hydroxyl groups is 1. The first-order valence-corrected chi connectivity index (χ1v) is 6.32. The van der Waals surface area contributed by atoms with Gasteiger partial charge < -0.3 is 9.63 Å². The van der Waals surface area contributed by atoms with Crippen molar-refractivity contribution < 1.29 is 9.63 Å². The van der Waals surface area contributed by atoms with Gasteiger partial charge in [-0.05, 0) is 31.2 Å². The number of hydrogen-bond acceptors (Lipinski definition) is 6. The summed E-state index contributed by atoms with van der Waals surface area (Å²) in [7, 11) is 0. The maximum Gasteiger partial charge on any atom is 0.337 e. The normalized spacial score (nSPS) is 11.1. The summed E-state index contributed by atoms with van der Waals surface area (Å²) in [6.45, 7) is 1.99. The lowest BCUT2D eigenvalue weighted by atomic mass is 10.2. The van der Waals surface area contributed by atoms with Gasteiger partial charge in [-0.3, -0.25) is 4.98 Å². The predicted octanol–water partition coefficient (Wildman–Crippen LogP) is 4.17. The monoisotopic (exact) mass is 280 g/mol. The van der Waals surface area contributed by atoms with Crippen molar-refractivity contribution in [2.45, 2.75) is 6.92 Å². The van der Waals surface area contributed by atoms with E-state index in [2.05, 4.69) is 20.4 Å². The minimum Gasteiger partial charge on any atom is -0.478 e. The quantitative estimate of drug-likeness (QED) is 0.730. The third-order valence-corrected chi connectivity index (χ3v) is 2.86. The van der Waals surface area contributed by atoms with Gasteiger partial charge in [0, 0.05) is 6.20 Å². The molecule has 6 nitrogen and oxygen atoms in total. The van der Waals surface area contributed by atoms with Crippen LogP contribution in [-0.4, -0.2) is 15.2 Å².